The molecule has 2 rings (SSSR count). The lowest BCUT2D eigenvalue weighted by atomic mass is 10.0. The molecule has 0 unspecified atom stereocenters. The fourth-order valence-electron chi connectivity index (χ4n) is 2.27. The van der Waals surface area contributed by atoms with Crippen LogP contribution in [0.15, 0.2) is 36.4 Å². The average molecular weight is 255 g/mol. The van der Waals surface area contributed by atoms with Gasteiger partial charge in [0.05, 0.1) is 7.11 Å². The Morgan fingerprint density at radius 3 is 2.21 bits per heavy atom. The molecule has 0 amide bonds. The first-order valence-corrected chi connectivity index (χ1v) is 6.55. The first-order chi connectivity index (χ1) is 9.11. The van der Waals surface area contributed by atoms with E-state index in [1.54, 1.807) is 7.11 Å². The van der Waals surface area contributed by atoms with E-state index in [0.717, 1.165) is 18.0 Å². The lowest BCUT2D eigenvalue weighted by molar-refractivity contribution is 0.414. The van der Waals surface area contributed by atoms with Crippen molar-refractivity contribution in [1.29, 1.82) is 0 Å². The van der Waals surface area contributed by atoms with Gasteiger partial charge in [-0.15, -0.1) is 0 Å². The lowest BCUT2D eigenvalue weighted by Crippen LogP contribution is -2.04. The fraction of sp³-hybridized carbons (Fsp3) is 0.294. The smallest absolute Gasteiger partial charge is 0.119 e. The predicted octanol–water partition coefficient (Wildman–Crippen LogP) is 4.23. The number of hydrogen-bond acceptors (Lipinski definition) is 2. The fourth-order valence-corrected chi connectivity index (χ4v) is 2.27. The Bertz CT molecular complexity index is 555. The largest absolute Gasteiger partial charge is 0.497 e. The Balaban J connectivity index is 2.15. The van der Waals surface area contributed by atoms with Crippen LogP contribution in [0.3, 0.4) is 0 Å². The third-order valence-electron chi connectivity index (χ3n) is 3.53. The van der Waals surface area contributed by atoms with Crippen LogP contribution in [0.5, 0.6) is 5.75 Å². The van der Waals surface area contributed by atoms with Crippen molar-refractivity contribution in [1.82, 2.24) is 0 Å². The molecule has 0 saturated heterocycles. The van der Waals surface area contributed by atoms with Gasteiger partial charge in [-0.2, -0.15) is 0 Å². The number of rotatable bonds is 4. The molecule has 0 heterocycles. The van der Waals surface area contributed by atoms with Gasteiger partial charge in [0.1, 0.15) is 5.75 Å². The second-order valence-corrected chi connectivity index (χ2v) is 4.90. The van der Waals surface area contributed by atoms with Crippen LogP contribution in [0.25, 0.3) is 0 Å². The molecule has 0 bridgehead atoms. The van der Waals surface area contributed by atoms with Gasteiger partial charge in [0.15, 0.2) is 0 Å². The number of hydrogen-bond donors (Lipinski definition) is 1. The molecule has 100 valence electrons. The number of aryl methyl sites for hydroxylation is 3. The van der Waals surface area contributed by atoms with Crippen molar-refractivity contribution in [3.8, 4) is 5.75 Å². The van der Waals surface area contributed by atoms with Crippen molar-refractivity contribution < 1.29 is 4.74 Å². The molecule has 0 radical (unpaired) electrons. The van der Waals surface area contributed by atoms with Crippen LogP contribution in [-0.4, -0.2) is 7.11 Å². The zero-order chi connectivity index (χ0) is 13.8. The monoisotopic (exact) mass is 255 g/mol. The van der Waals surface area contributed by atoms with Gasteiger partial charge >= 0.3 is 0 Å². The van der Waals surface area contributed by atoms with E-state index in [-0.39, 0.29) is 0 Å². The Morgan fingerprint density at radius 1 is 0.947 bits per heavy atom. The van der Waals surface area contributed by atoms with Gasteiger partial charge in [-0.25, -0.2) is 0 Å². The minimum atomic E-state index is 0.853. The van der Waals surface area contributed by atoms with Crippen LogP contribution in [0.4, 0.5) is 5.69 Å². The molecule has 0 atom stereocenters. The average Bonchev–Trinajstić information content (AvgIpc) is 2.39. The second kappa shape index (κ2) is 5.79. The maximum Gasteiger partial charge on any atom is 0.119 e. The molecule has 0 fully saturated rings. The SMILES string of the molecule is COc1ccc(NCc2c(C)cccc2C)c(C)c1. The molecular weight excluding hydrogens is 234 g/mol. The molecule has 0 spiro atoms. The van der Waals surface area contributed by atoms with Gasteiger partial charge in [0.2, 0.25) is 0 Å². The van der Waals surface area contributed by atoms with Gasteiger partial charge < -0.3 is 10.1 Å². The molecule has 0 aliphatic carbocycles. The van der Waals surface area contributed by atoms with E-state index in [1.165, 1.54) is 22.3 Å². The summed E-state index contributed by atoms with van der Waals surface area (Å²) in [4.78, 5) is 0. The summed E-state index contributed by atoms with van der Waals surface area (Å²) in [5, 5.41) is 3.51. The molecule has 0 aliphatic rings. The lowest BCUT2D eigenvalue weighted by Gasteiger charge is -2.14. The summed E-state index contributed by atoms with van der Waals surface area (Å²) in [7, 11) is 1.69. The zero-order valence-corrected chi connectivity index (χ0v) is 12.1. The molecular formula is C17H21NO. The van der Waals surface area contributed by atoms with Gasteiger partial charge in [-0.1, -0.05) is 18.2 Å². The highest BCUT2D eigenvalue weighted by Crippen LogP contribution is 2.22. The maximum atomic E-state index is 5.22. The highest BCUT2D eigenvalue weighted by molar-refractivity contribution is 5.54. The van der Waals surface area contributed by atoms with Crippen LogP contribution in [0.1, 0.15) is 22.3 Å². The van der Waals surface area contributed by atoms with E-state index < -0.39 is 0 Å². The van der Waals surface area contributed by atoms with Crippen molar-refractivity contribution in [2.24, 2.45) is 0 Å². The van der Waals surface area contributed by atoms with Crippen LogP contribution in [0, 0.1) is 20.8 Å². The number of methoxy groups -OCH3 is 1. The van der Waals surface area contributed by atoms with Gasteiger partial charge in [0, 0.05) is 12.2 Å². The summed E-state index contributed by atoms with van der Waals surface area (Å²) < 4.78 is 5.22. The van der Waals surface area contributed by atoms with E-state index in [4.69, 9.17) is 4.74 Å². The number of nitrogens with one attached hydrogen (secondary N) is 1. The van der Waals surface area contributed by atoms with Crippen molar-refractivity contribution in [3.63, 3.8) is 0 Å². The molecule has 2 nitrogen and oxygen atoms in total. The zero-order valence-electron chi connectivity index (χ0n) is 12.1. The molecule has 0 saturated carbocycles. The minimum Gasteiger partial charge on any atom is -0.497 e. The Kier molecular flexibility index (Phi) is 4.10. The molecule has 19 heavy (non-hydrogen) atoms. The van der Waals surface area contributed by atoms with Gasteiger partial charge in [-0.3, -0.25) is 0 Å². The van der Waals surface area contributed by atoms with Crippen LogP contribution in [-0.2, 0) is 6.54 Å². The van der Waals surface area contributed by atoms with E-state index in [0.29, 0.717) is 0 Å². The van der Waals surface area contributed by atoms with Crippen molar-refractivity contribution in [3.05, 3.63) is 58.7 Å². The normalized spacial score (nSPS) is 10.3. The number of benzene rings is 2. The highest BCUT2D eigenvalue weighted by Gasteiger charge is 2.04. The summed E-state index contributed by atoms with van der Waals surface area (Å²) >= 11 is 0. The molecule has 2 aromatic carbocycles. The Labute approximate surface area is 115 Å². The van der Waals surface area contributed by atoms with Crippen LogP contribution < -0.4 is 10.1 Å². The Hall–Kier alpha value is -1.96. The third-order valence-corrected chi connectivity index (χ3v) is 3.53. The first kappa shape index (κ1) is 13.5. The maximum absolute atomic E-state index is 5.22. The molecule has 2 aromatic rings. The van der Waals surface area contributed by atoms with E-state index in [9.17, 15) is 0 Å². The number of anilines is 1. The van der Waals surface area contributed by atoms with E-state index in [1.807, 2.05) is 12.1 Å². The molecule has 0 aliphatic heterocycles. The molecule has 1 N–H and O–H groups in total. The summed E-state index contributed by atoms with van der Waals surface area (Å²) in [5.41, 5.74) is 6.39. The van der Waals surface area contributed by atoms with E-state index >= 15 is 0 Å². The first-order valence-electron chi connectivity index (χ1n) is 6.55. The van der Waals surface area contributed by atoms with Gasteiger partial charge in [-0.05, 0) is 61.2 Å². The third kappa shape index (κ3) is 3.08. The van der Waals surface area contributed by atoms with Crippen LogP contribution >= 0.6 is 0 Å². The highest BCUT2D eigenvalue weighted by atomic mass is 16.5. The van der Waals surface area contributed by atoms with Gasteiger partial charge in [0.25, 0.3) is 0 Å². The predicted molar refractivity (Wildman–Crippen MR) is 81.0 cm³/mol. The topological polar surface area (TPSA) is 21.3 Å². The molecule has 2 heteroatoms. The van der Waals surface area contributed by atoms with Crippen LogP contribution in [0.2, 0.25) is 0 Å². The Morgan fingerprint density at radius 2 is 1.63 bits per heavy atom. The quantitative estimate of drug-likeness (QED) is 0.882. The molecule has 0 aromatic heterocycles. The second-order valence-electron chi connectivity index (χ2n) is 4.90. The summed E-state index contributed by atoms with van der Waals surface area (Å²) in [6, 6.07) is 12.5. The summed E-state index contributed by atoms with van der Waals surface area (Å²) in [5.74, 6) is 0.898. The number of ether oxygens (including phenoxy) is 1. The minimum absolute atomic E-state index is 0.853. The standard InChI is InChI=1S/C17H21NO/c1-12-6-5-7-13(2)16(12)11-18-17-9-8-15(19-4)10-14(17)3/h5-10,18H,11H2,1-4H3. The van der Waals surface area contributed by atoms with Crippen molar-refractivity contribution in [2.75, 3.05) is 12.4 Å². The summed E-state index contributed by atoms with van der Waals surface area (Å²) in [6.45, 7) is 7.26. The summed E-state index contributed by atoms with van der Waals surface area (Å²) in [6.07, 6.45) is 0. The van der Waals surface area contributed by atoms with E-state index in [2.05, 4.69) is 50.4 Å². The van der Waals surface area contributed by atoms with Crippen molar-refractivity contribution in [2.45, 2.75) is 27.3 Å². The van der Waals surface area contributed by atoms with Crippen molar-refractivity contribution >= 4 is 5.69 Å².